The molecule has 0 aliphatic carbocycles. The van der Waals surface area contributed by atoms with E-state index in [0.29, 0.717) is 36.1 Å². The maximum Gasteiger partial charge on any atom is 0.287 e. The molecule has 0 saturated carbocycles. The van der Waals surface area contributed by atoms with E-state index in [2.05, 4.69) is 20.3 Å². The number of hydrogen-bond acceptors (Lipinski definition) is 5. The minimum Gasteiger partial charge on any atom is -0.451 e. The molecular weight excluding hydrogens is 318 g/mol. The number of aromatic nitrogens is 4. The Balaban J connectivity index is 1.41. The molecule has 25 heavy (non-hydrogen) atoms. The summed E-state index contributed by atoms with van der Waals surface area (Å²) >= 11 is 0. The van der Waals surface area contributed by atoms with Crippen LogP contribution in [0.25, 0.3) is 22.6 Å². The highest BCUT2D eigenvalue weighted by atomic mass is 16.3. The highest BCUT2D eigenvalue weighted by Crippen LogP contribution is 2.18. The van der Waals surface area contributed by atoms with Crippen LogP contribution in [0.4, 0.5) is 0 Å². The molecule has 7 nitrogen and oxygen atoms in total. The summed E-state index contributed by atoms with van der Waals surface area (Å²) in [7, 11) is 0. The van der Waals surface area contributed by atoms with Crippen molar-refractivity contribution in [2.24, 2.45) is 0 Å². The molecule has 4 aromatic rings. The summed E-state index contributed by atoms with van der Waals surface area (Å²) in [4.78, 5) is 24.9. The van der Waals surface area contributed by atoms with E-state index >= 15 is 0 Å². The zero-order valence-electron chi connectivity index (χ0n) is 13.3. The first kappa shape index (κ1) is 15.1. The van der Waals surface area contributed by atoms with E-state index in [1.807, 2.05) is 35.0 Å². The van der Waals surface area contributed by atoms with Gasteiger partial charge in [0.2, 0.25) is 0 Å². The average Bonchev–Trinajstić information content (AvgIpc) is 3.29. The van der Waals surface area contributed by atoms with Crippen molar-refractivity contribution in [3.63, 3.8) is 0 Å². The third-order valence-electron chi connectivity index (χ3n) is 3.77. The van der Waals surface area contributed by atoms with Crippen molar-refractivity contribution >= 4 is 16.9 Å². The first-order valence-electron chi connectivity index (χ1n) is 7.86. The lowest BCUT2D eigenvalue weighted by Gasteiger charge is -2.07. The molecule has 0 radical (unpaired) electrons. The maximum atomic E-state index is 12.2. The normalized spacial score (nSPS) is 10.9. The smallest absolute Gasteiger partial charge is 0.287 e. The van der Waals surface area contributed by atoms with Gasteiger partial charge in [-0.15, -0.1) is 0 Å². The number of carbonyl (C=O) groups excluding carboxylic acids is 1. The predicted molar refractivity (Wildman–Crippen MR) is 91.8 cm³/mol. The van der Waals surface area contributed by atoms with Gasteiger partial charge in [0, 0.05) is 43.3 Å². The van der Waals surface area contributed by atoms with Crippen LogP contribution in [-0.4, -0.2) is 32.0 Å². The van der Waals surface area contributed by atoms with Crippen LogP contribution in [0, 0.1) is 0 Å². The zero-order chi connectivity index (χ0) is 17.1. The molecule has 3 heterocycles. The molecule has 1 N–H and O–H groups in total. The maximum absolute atomic E-state index is 12.2. The molecule has 0 aliphatic rings. The summed E-state index contributed by atoms with van der Waals surface area (Å²) in [5.41, 5.74) is 0.700. The van der Waals surface area contributed by atoms with Gasteiger partial charge in [-0.3, -0.25) is 4.79 Å². The van der Waals surface area contributed by atoms with Gasteiger partial charge in [0.25, 0.3) is 5.91 Å². The number of benzene rings is 1. The fourth-order valence-corrected chi connectivity index (χ4v) is 2.58. The lowest BCUT2D eigenvalue weighted by molar-refractivity contribution is 0.0927. The van der Waals surface area contributed by atoms with E-state index in [-0.39, 0.29) is 5.91 Å². The monoisotopic (exact) mass is 333 g/mol. The van der Waals surface area contributed by atoms with Gasteiger partial charge in [-0.1, -0.05) is 18.2 Å². The molecule has 124 valence electrons. The van der Waals surface area contributed by atoms with E-state index in [0.717, 1.165) is 5.39 Å². The Morgan fingerprint density at radius 1 is 1.08 bits per heavy atom. The lowest BCUT2D eigenvalue weighted by Crippen LogP contribution is -2.27. The van der Waals surface area contributed by atoms with Gasteiger partial charge >= 0.3 is 0 Å². The SMILES string of the molecule is O=C(NCCn1ccnc1-c1ncccn1)c1cc2ccccc2o1. The Morgan fingerprint density at radius 3 is 2.76 bits per heavy atom. The van der Waals surface area contributed by atoms with E-state index in [9.17, 15) is 4.79 Å². The van der Waals surface area contributed by atoms with Crippen LogP contribution in [-0.2, 0) is 6.54 Å². The predicted octanol–water partition coefficient (Wildman–Crippen LogP) is 2.52. The molecule has 4 rings (SSSR count). The number of imidazole rings is 1. The zero-order valence-corrected chi connectivity index (χ0v) is 13.3. The van der Waals surface area contributed by atoms with Gasteiger partial charge in [0.15, 0.2) is 17.4 Å². The highest BCUT2D eigenvalue weighted by molar-refractivity contribution is 5.96. The van der Waals surface area contributed by atoms with Crippen molar-refractivity contribution in [2.45, 2.75) is 6.54 Å². The summed E-state index contributed by atoms with van der Waals surface area (Å²) in [6, 6.07) is 11.0. The molecule has 0 fully saturated rings. The molecule has 7 heteroatoms. The minimum atomic E-state index is -0.242. The van der Waals surface area contributed by atoms with E-state index < -0.39 is 0 Å². The largest absolute Gasteiger partial charge is 0.451 e. The van der Waals surface area contributed by atoms with Crippen molar-refractivity contribution < 1.29 is 9.21 Å². The Kier molecular flexibility index (Phi) is 3.96. The Morgan fingerprint density at radius 2 is 1.92 bits per heavy atom. The van der Waals surface area contributed by atoms with E-state index in [4.69, 9.17) is 4.42 Å². The Bertz CT molecular complexity index is 973. The van der Waals surface area contributed by atoms with E-state index in [1.54, 1.807) is 30.7 Å². The standard InChI is InChI=1S/C18H15N5O2/c24-18(15-12-13-4-1-2-5-14(13)25-15)22-9-11-23-10-8-21-17(23)16-19-6-3-7-20-16/h1-8,10,12H,9,11H2,(H,22,24). The van der Waals surface area contributed by atoms with Crippen molar-refractivity contribution in [3.05, 3.63) is 66.9 Å². The third-order valence-corrected chi connectivity index (χ3v) is 3.77. The minimum absolute atomic E-state index is 0.242. The van der Waals surface area contributed by atoms with Crippen LogP contribution in [0.3, 0.4) is 0 Å². The van der Waals surface area contributed by atoms with Crippen LogP contribution in [0.2, 0.25) is 0 Å². The first-order valence-corrected chi connectivity index (χ1v) is 7.86. The van der Waals surface area contributed by atoms with Crippen LogP contribution in [0.1, 0.15) is 10.6 Å². The number of nitrogens with one attached hydrogen (secondary N) is 1. The van der Waals surface area contributed by atoms with Gasteiger partial charge in [0.05, 0.1) is 0 Å². The third kappa shape index (κ3) is 3.12. The summed E-state index contributed by atoms with van der Waals surface area (Å²) in [5, 5.41) is 3.76. The van der Waals surface area contributed by atoms with Crippen molar-refractivity contribution in [1.82, 2.24) is 24.8 Å². The van der Waals surface area contributed by atoms with Gasteiger partial charge in [0.1, 0.15) is 5.58 Å². The number of carbonyl (C=O) groups is 1. The summed E-state index contributed by atoms with van der Waals surface area (Å²) in [6.45, 7) is 0.992. The molecule has 0 atom stereocenters. The van der Waals surface area contributed by atoms with Gasteiger partial charge in [-0.2, -0.15) is 0 Å². The molecule has 1 amide bonds. The van der Waals surface area contributed by atoms with Crippen LogP contribution < -0.4 is 5.32 Å². The van der Waals surface area contributed by atoms with Gasteiger partial charge in [-0.05, 0) is 18.2 Å². The number of fused-ring (bicyclic) bond motifs is 1. The molecule has 0 aliphatic heterocycles. The second-order valence-corrected chi connectivity index (χ2v) is 5.42. The fourth-order valence-electron chi connectivity index (χ4n) is 2.58. The number of para-hydroxylation sites is 1. The molecule has 0 spiro atoms. The quantitative estimate of drug-likeness (QED) is 0.606. The van der Waals surface area contributed by atoms with Crippen LogP contribution in [0.15, 0.2) is 65.6 Å². The Labute approximate surface area is 143 Å². The fraction of sp³-hybridized carbons (Fsp3) is 0.111. The molecule has 3 aromatic heterocycles. The number of rotatable bonds is 5. The van der Waals surface area contributed by atoms with Crippen LogP contribution in [0.5, 0.6) is 0 Å². The molecular formula is C18H15N5O2. The number of hydrogen-bond donors (Lipinski definition) is 1. The number of nitrogens with zero attached hydrogens (tertiary/aromatic N) is 4. The molecule has 0 bridgehead atoms. The van der Waals surface area contributed by atoms with Crippen LogP contribution >= 0.6 is 0 Å². The second kappa shape index (κ2) is 6.56. The summed E-state index contributed by atoms with van der Waals surface area (Å²) in [6.07, 6.45) is 6.86. The van der Waals surface area contributed by atoms with Gasteiger partial charge < -0.3 is 14.3 Å². The number of amides is 1. The molecule has 1 aromatic carbocycles. The molecule has 0 saturated heterocycles. The summed E-state index contributed by atoms with van der Waals surface area (Å²) in [5.74, 6) is 1.28. The average molecular weight is 333 g/mol. The topological polar surface area (TPSA) is 85.8 Å². The second-order valence-electron chi connectivity index (χ2n) is 5.42. The van der Waals surface area contributed by atoms with Crippen molar-refractivity contribution in [2.75, 3.05) is 6.54 Å². The molecule has 0 unspecified atom stereocenters. The Hall–Kier alpha value is -3.48. The number of furan rings is 1. The lowest BCUT2D eigenvalue weighted by atomic mass is 10.2. The summed E-state index contributed by atoms with van der Waals surface area (Å²) < 4.78 is 7.46. The van der Waals surface area contributed by atoms with Crippen molar-refractivity contribution in [3.8, 4) is 11.6 Å². The van der Waals surface area contributed by atoms with Crippen molar-refractivity contribution in [1.29, 1.82) is 0 Å². The first-order chi connectivity index (χ1) is 12.3. The van der Waals surface area contributed by atoms with E-state index in [1.165, 1.54) is 0 Å². The van der Waals surface area contributed by atoms with Gasteiger partial charge in [-0.25, -0.2) is 15.0 Å². The highest BCUT2D eigenvalue weighted by Gasteiger charge is 2.12.